The van der Waals surface area contributed by atoms with Gasteiger partial charge in [0.25, 0.3) is 0 Å². The van der Waals surface area contributed by atoms with E-state index in [1.165, 1.54) is 6.42 Å². The van der Waals surface area contributed by atoms with E-state index in [1.54, 1.807) is 0 Å². The summed E-state index contributed by atoms with van der Waals surface area (Å²) in [5, 5.41) is 3.57. The summed E-state index contributed by atoms with van der Waals surface area (Å²) in [6.45, 7) is 9.58. The van der Waals surface area contributed by atoms with E-state index in [1.807, 2.05) is 0 Å². The van der Waals surface area contributed by atoms with Crippen molar-refractivity contribution in [2.45, 2.75) is 26.3 Å². The van der Waals surface area contributed by atoms with E-state index in [4.69, 9.17) is 4.74 Å². The third-order valence-corrected chi connectivity index (χ3v) is 3.05. The number of hydrogen-bond acceptors (Lipinski definition) is 3. The zero-order chi connectivity index (χ0) is 10.4. The summed E-state index contributed by atoms with van der Waals surface area (Å²) < 4.78 is 5.44. The molecule has 0 radical (unpaired) electrons. The van der Waals surface area contributed by atoms with Crippen molar-refractivity contribution >= 4 is 0 Å². The first-order valence-electron chi connectivity index (χ1n) is 5.77. The van der Waals surface area contributed by atoms with Crippen LogP contribution in [0, 0.1) is 5.92 Å². The van der Waals surface area contributed by atoms with Gasteiger partial charge in [-0.15, -0.1) is 0 Å². The largest absolute Gasteiger partial charge is 0.381 e. The summed E-state index contributed by atoms with van der Waals surface area (Å²) in [5.74, 6) is 0.712. The SMILES string of the molecule is CCNC(CN(C)CC)C1CCOC1. The lowest BCUT2D eigenvalue weighted by atomic mass is 9.98. The average Bonchev–Trinajstić information content (AvgIpc) is 2.69. The molecule has 0 saturated carbocycles. The summed E-state index contributed by atoms with van der Waals surface area (Å²) in [5.41, 5.74) is 0. The Morgan fingerprint density at radius 3 is 2.79 bits per heavy atom. The molecule has 0 spiro atoms. The first-order chi connectivity index (χ1) is 6.77. The number of nitrogens with zero attached hydrogens (tertiary/aromatic N) is 1. The second-order valence-electron chi connectivity index (χ2n) is 4.14. The molecule has 1 heterocycles. The van der Waals surface area contributed by atoms with Gasteiger partial charge in [-0.05, 0) is 26.6 Å². The van der Waals surface area contributed by atoms with Gasteiger partial charge in [0, 0.05) is 25.1 Å². The Morgan fingerprint density at radius 1 is 1.50 bits per heavy atom. The lowest BCUT2D eigenvalue weighted by Gasteiger charge is -2.27. The molecule has 1 aliphatic heterocycles. The van der Waals surface area contributed by atoms with Crippen LogP contribution in [0.15, 0.2) is 0 Å². The van der Waals surface area contributed by atoms with Gasteiger partial charge in [0.1, 0.15) is 0 Å². The van der Waals surface area contributed by atoms with Gasteiger partial charge < -0.3 is 15.0 Å². The minimum Gasteiger partial charge on any atom is -0.381 e. The van der Waals surface area contributed by atoms with Crippen LogP contribution in [0.4, 0.5) is 0 Å². The summed E-state index contributed by atoms with van der Waals surface area (Å²) in [6.07, 6.45) is 1.22. The highest BCUT2D eigenvalue weighted by Gasteiger charge is 2.25. The molecule has 2 atom stereocenters. The highest BCUT2D eigenvalue weighted by Crippen LogP contribution is 2.17. The molecule has 3 nitrogen and oxygen atoms in total. The lowest BCUT2D eigenvalue weighted by Crippen LogP contribution is -2.44. The molecule has 14 heavy (non-hydrogen) atoms. The average molecular weight is 200 g/mol. The third kappa shape index (κ3) is 3.56. The molecule has 1 fully saturated rings. The lowest BCUT2D eigenvalue weighted by molar-refractivity contribution is 0.168. The fraction of sp³-hybridized carbons (Fsp3) is 1.00. The van der Waals surface area contributed by atoms with Crippen LogP contribution in [0.3, 0.4) is 0 Å². The van der Waals surface area contributed by atoms with Crippen molar-refractivity contribution in [1.82, 2.24) is 10.2 Å². The van der Waals surface area contributed by atoms with Crippen molar-refractivity contribution in [1.29, 1.82) is 0 Å². The molecule has 3 heteroatoms. The van der Waals surface area contributed by atoms with Crippen LogP contribution in [0.25, 0.3) is 0 Å². The van der Waals surface area contributed by atoms with E-state index in [0.717, 1.165) is 32.8 Å². The molecule has 0 amide bonds. The van der Waals surface area contributed by atoms with Crippen molar-refractivity contribution in [2.75, 3.05) is 39.9 Å². The topological polar surface area (TPSA) is 24.5 Å². The Labute approximate surface area is 87.8 Å². The van der Waals surface area contributed by atoms with Crippen molar-refractivity contribution in [3.05, 3.63) is 0 Å². The second-order valence-corrected chi connectivity index (χ2v) is 4.14. The summed E-state index contributed by atoms with van der Waals surface area (Å²) >= 11 is 0. The maximum atomic E-state index is 5.44. The molecule has 1 N–H and O–H groups in total. The Hall–Kier alpha value is -0.120. The summed E-state index contributed by atoms with van der Waals surface area (Å²) in [6, 6.07) is 0.604. The predicted molar refractivity (Wildman–Crippen MR) is 59.6 cm³/mol. The van der Waals surface area contributed by atoms with Crippen molar-refractivity contribution in [3.63, 3.8) is 0 Å². The third-order valence-electron chi connectivity index (χ3n) is 3.05. The van der Waals surface area contributed by atoms with Crippen molar-refractivity contribution in [2.24, 2.45) is 5.92 Å². The Balaban J connectivity index is 2.36. The normalized spacial score (nSPS) is 24.4. The van der Waals surface area contributed by atoms with Gasteiger partial charge in [-0.2, -0.15) is 0 Å². The highest BCUT2D eigenvalue weighted by atomic mass is 16.5. The molecule has 0 aromatic carbocycles. The standard InChI is InChI=1S/C11H24N2O/c1-4-12-11(8-13(3)5-2)10-6-7-14-9-10/h10-12H,4-9H2,1-3H3. The first-order valence-corrected chi connectivity index (χ1v) is 5.77. The Kier molecular flexibility index (Phi) is 5.45. The fourth-order valence-electron chi connectivity index (χ4n) is 1.98. The monoisotopic (exact) mass is 200 g/mol. The molecule has 2 unspecified atom stereocenters. The van der Waals surface area contributed by atoms with E-state index >= 15 is 0 Å². The van der Waals surface area contributed by atoms with Gasteiger partial charge in [-0.1, -0.05) is 13.8 Å². The van der Waals surface area contributed by atoms with Crippen molar-refractivity contribution < 1.29 is 4.74 Å². The van der Waals surface area contributed by atoms with Gasteiger partial charge in [-0.3, -0.25) is 0 Å². The van der Waals surface area contributed by atoms with Crippen molar-refractivity contribution in [3.8, 4) is 0 Å². The van der Waals surface area contributed by atoms with E-state index in [0.29, 0.717) is 12.0 Å². The molecule has 1 rings (SSSR count). The smallest absolute Gasteiger partial charge is 0.0510 e. The van der Waals surface area contributed by atoms with Crippen LogP contribution in [-0.2, 0) is 4.74 Å². The second kappa shape index (κ2) is 6.38. The molecule has 0 bridgehead atoms. The number of hydrogen-bond donors (Lipinski definition) is 1. The van der Waals surface area contributed by atoms with Crippen LogP contribution >= 0.6 is 0 Å². The van der Waals surface area contributed by atoms with Crippen LogP contribution in [0.5, 0.6) is 0 Å². The summed E-state index contributed by atoms with van der Waals surface area (Å²) in [7, 11) is 2.18. The summed E-state index contributed by atoms with van der Waals surface area (Å²) in [4.78, 5) is 2.37. The fourth-order valence-corrected chi connectivity index (χ4v) is 1.98. The quantitative estimate of drug-likeness (QED) is 0.691. The van der Waals surface area contributed by atoms with Crippen LogP contribution in [0.2, 0.25) is 0 Å². The van der Waals surface area contributed by atoms with E-state index in [-0.39, 0.29) is 0 Å². The number of ether oxygens (including phenoxy) is 1. The molecule has 84 valence electrons. The maximum absolute atomic E-state index is 5.44. The zero-order valence-electron chi connectivity index (χ0n) is 9.75. The van der Waals surface area contributed by atoms with E-state index in [2.05, 4.69) is 31.1 Å². The van der Waals surface area contributed by atoms with Gasteiger partial charge >= 0.3 is 0 Å². The minimum absolute atomic E-state index is 0.604. The molecular weight excluding hydrogens is 176 g/mol. The molecule has 0 aromatic rings. The minimum atomic E-state index is 0.604. The zero-order valence-corrected chi connectivity index (χ0v) is 9.75. The van der Waals surface area contributed by atoms with Crippen LogP contribution in [0.1, 0.15) is 20.3 Å². The van der Waals surface area contributed by atoms with E-state index in [9.17, 15) is 0 Å². The molecule has 1 saturated heterocycles. The van der Waals surface area contributed by atoms with Gasteiger partial charge in [-0.25, -0.2) is 0 Å². The van der Waals surface area contributed by atoms with Gasteiger partial charge in [0.05, 0.1) is 6.61 Å². The Morgan fingerprint density at radius 2 is 2.29 bits per heavy atom. The highest BCUT2D eigenvalue weighted by molar-refractivity contribution is 4.81. The predicted octanol–water partition coefficient (Wildman–Crippen LogP) is 0.953. The number of likely N-dealkylation sites (N-methyl/N-ethyl adjacent to an activating group) is 2. The molecule has 0 aromatic heterocycles. The van der Waals surface area contributed by atoms with E-state index < -0.39 is 0 Å². The molecule has 0 aliphatic carbocycles. The molecule has 1 aliphatic rings. The van der Waals surface area contributed by atoms with Gasteiger partial charge in [0.2, 0.25) is 0 Å². The van der Waals surface area contributed by atoms with Crippen LogP contribution in [-0.4, -0.2) is 50.8 Å². The number of rotatable bonds is 6. The Bertz CT molecular complexity index is 146. The van der Waals surface area contributed by atoms with Crippen LogP contribution < -0.4 is 5.32 Å². The first kappa shape index (κ1) is 12.0. The maximum Gasteiger partial charge on any atom is 0.0510 e. The van der Waals surface area contributed by atoms with Gasteiger partial charge in [0.15, 0.2) is 0 Å². The number of nitrogens with one attached hydrogen (secondary N) is 1. The molecular formula is C11H24N2O.